The Morgan fingerprint density at radius 2 is 1.82 bits per heavy atom. The molecule has 2 aliphatic rings. The summed E-state index contributed by atoms with van der Waals surface area (Å²) in [4.78, 5) is 23.0. The van der Waals surface area contributed by atoms with Crippen LogP contribution < -0.4 is 5.32 Å². The van der Waals surface area contributed by atoms with E-state index in [4.69, 9.17) is 0 Å². The predicted octanol–water partition coefficient (Wildman–Crippen LogP) is 5.11. The average molecular weight is 546 g/mol. The second-order valence-electron chi connectivity index (χ2n) is 10.6. The van der Waals surface area contributed by atoms with Gasteiger partial charge in [0.05, 0.1) is 12.9 Å². The molecule has 0 spiro atoms. The SMILES string of the molecule is C/C(=C\c1c(C2=CN(C)C(NCO)C=C2)ccnc1C)CN1CCC(c2ccc(C(=O)N(C)C)cc2)CC1.CC. The van der Waals surface area contributed by atoms with Crippen molar-refractivity contribution >= 4 is 17.6 Å². The molecule has 2 aliphatic heterocycles. The van der Waals surface area contributed by atoms with E-state index in [9.17, 15) is 9.90 Å². The number of amides is 1. The molecular formula is C33H47N5O2. The van der Waals surface area contributed by atoms with Crippen LogP contribution in [0.4, 0.5) is 0 Å². The number of piperidine rings is 1. The van der Waals surface area contributed by atoms with Crippen molar-refractivity contribution in [3.05, 3.63) is 88.4 Å². The largest absolute Gasteiger partial charge is 0.381 e. The van der Waals surface area contributed by atoms with E-state index in [0.29, 0.717) is 5.92 Å². The number of nitrogens with one attached hydrogen (secondary N) is 1. The number of likely N-dealkylation sites (N-methyl/N-ethyl adjacent to an activating group) is 1. The van der Waals surface area contributed by atoms with E-state index in [-0.39, 0.29) is 18.8 Å². The maximum atomic E-state index is 12.2. The molecule has 3 heterocycles. The third-order valence-corrected chi connectivity index (χ3v) is 7.53. The van der Waals surface area contributed by atoms with E-state index in [0.717, 1.165) is 60.4 Å². The molecule has 0 aliphatic carbocycles. The number of aryl methyl sites for hydroxylation is 1. The summed E-state index contributed by atoms with van der Waals surface area (Å²) in [5, 5.41) is 12.3. The highest BCUT2D eigenvalue weighted by molar-refractivity contribution is 5.93. The molecule has 7 heteroatoms. The number of allylic oxidation sites excluding steroid dienone is 2. The van der Waals surface area contributed by atoms with Gasteiger partial charge in [0.1, 0.15) is 0 Å². The molecule has 1 fully saturated rings. The molecule has 4 rings (SSSR count). The molecule has 0 bridgehead atoms. The summed E-state index contributed by atoms with van der Waals surface area (Å²) in [7, 11) is 5.58. The number of hydrogen-bond acceptors (Lipinski definition) is 6. The van der Waals surface area contributed by atoms with Gasteiger partial charge in [-0.3, -0.25) is 20.0 Å². The second kappa shape index (κ2) is 14.9. The van der Waals surface area contributed by atoms with Gasteiger partial charge in [0.15, 0.2) is 0 Å². The maximum Gasteiger partial charge on any atom is 0.253 e. The first kappa shape index (κ1) is 31.3. The van der Waals surface area contributed by atoms with Crippen LogP contribution in [0.25, 0.3) is 11.6 Å². The summed E-state index contributed by atoms with van der Waals surface area (Å²) in [5.74, 6) is 0.587. The number of aliphatic hydroxyl groups excluding tert-OH is 1. The minimum Gasteiger partial charge on any atom is -0.381 e. The standard InChI is InChI=1S/C31H41N5O2.C2H6/c1-22(18-29-23(2)32-15-12-28(29)27-10-11-30(33-21-37)35(5)20-27)19-36-16-13-25(14-17-36)24-6-8-26(9-7-24)31(38)34(3)4;1-2/h6-12,15,18,20,25,30,33,37H,13-14,16-17,19,21H2,1-5H3;1-2H3/b22-18+;. The van der Waals surface area contributed by atoms with Crippen molar-refractivity contribution in [1.29, 1.82) is 0 Å². The minimum atomic E-state index is -0.0641. The molecule has 2 N–H and O–H groups in total. The average Bonchev–Trinajstić information content (AvgIpc) is 2.96. The Morgan fingerprint density at radius 3 is 2.42 bits per heavy atom. The van der Waals surface area contributed by atoms with Crippen LogP contribution in [-0.2, 0) is 0 Å². The van der Waals surface area contributed by atoms with Gasteiger partial charge in [0.25, 0.3) is 5.91 Å². The van der Waals surface area contributed by atoms with Crippen molar-refractivity contribution in [2.24, 2.45) is 0 Å². The molecule has 2 aromatic rings. The minimum absolute atomic E-state index is 0.0196. The number of carbonyl (C=O) groups excluding carboxylic acids is 1. The monoisotopic (exact) mass is 545 g/mol. The molecule has 1 aromatic heterocycles. The maximum absolute atomic E-state index is 12.2. The number of hydrogen-bond donors (Lipinski definition) is 2. The van der Waals surface area contributed by atoms with E-state index in [2.05, 4.69) is 76.6 Å². The van der Waals surface area contributed by atoms with E-state index in [1.165, 1.54) is 11.1 Å². The number of pyridine rings is 1. The summed E-state index contributed by atoms with van der Waals surface area (Å²) in [6.45, 7) is 11.3. The quantitative estimate of drug-likeness (QED) is 0.450. The molecular weight excluding hydrogens is 498 g/mol. The number of aliphatic hydroxyl groups is 1. The summed E-state index contributed by atoms with van der Waals surface area (Å²) in [6, 6.07) is 10.3. The van der Waals surface area contributed by atoms with Gasteiger partial charge >= 0.3 is 0 Å². The number of carbonyl (C=O) groups is 1. The Balaban J connectivity index is 0.00000216. The van der Waals surface area contributed by atoms with Crippen molar-refractivity contribution in [2.45, 2.75) is 52.6 Å². The number of nitrogens with zero attached hydrogens (tertiary/aromatic N) is 4. The highest BCUT2D eigenvalue weighted by atomic mass is 16.3. The lowest BCUT2D eigenvalue weighted by Crippen LogP contribution is -2.40. The van der Waals surface area contributed by atoms with Crippen LogP contribution in [0, 0.1) is 6.92 Å². The zero-order chi connectivity index (χ0) is 29.2. The Labute approximate surface area is 240 Å². The Bertz CT molecular complexity index is 1210. The van der Waals surface area contributed by atoms with Crippen molar-refractivity contribution in [1.82, 2.24) is 25.0 Å². The molecule has 0 radical (unpaired) electrons. The number of likely N-dealkylation sites (tertiary alicyclic amines) is 1. The molecule has 40 heavy (non-hydrogen) atoms. The van der Waals surface area contributed by atoms with Gasteiger partial charge in [-0.1, -0.05) is 43.7 Å². The fourth-order valence-electron chi connectivity index (χ4n) is 5.38. The zero-order valence-electron chi connectivity index (χ0n) is 25.3. The molecule has 1 aromatic carbocycles. The fraction of sp³-hybridized carbons (Fsp3) is 0.455. The van der Waals surface area contributed by atoms with Gasteiger partial charge in [-0.25, -0.2) is 0 Å². The molecule has 1 amide bonds. The highest BCUT2D eigenvalue weighted by Crippen LogP contribution is 2.30. The Hall–Kier alpha value is -3.26. The topological polar surface area (TPSA) is 71.9 Å². The van der Waals surface area contributed by atoms with Gasteiger partial charge in [0.2, 0.25) is 0 Å². The van der Waals surface area contributed by atoms with Crippen LogP contribution in [0.3, 0.4) is 0 Å². The number of rotatable bonds is 8. The number of aromatic nitrogens is 1. The van der Waals surface area contributed by atoms with Crippen molar-refractivity contribution in [3.8, 4) is 0 Å². The van der Waals surface area contributed by atoms with Gasteiger partial charge in [-0.2, -0.15) is 0 Å². The third kappa shape index (κ3) is 7.90. The second-order valence-corrected chi connectivity index (χ2v) is 10.6. The van der Waals surface area contributed by atoms with Gasteiger partial charge in [-0.05, 0) is 86.7 Å². The highest BCUT2D eigenvalue weighted by Gasteiger charge is 2.22. The van der Waals surface area contributed by atoms with Gasteiger partial charge in [0, 0.05) is 56.9 Å². The van der Waals surface area contributed by atoms with Crippen LogP contribution in [0.5, 0.6) is 0 Å². The van der Waals surface area contributed by atoms with E-state index < -0.39 is 0 Å². The molecule has 1 saturated heterocycles. The van der Waals surface area contributed by atoms with Crippen LogP contribution in [0.1, 0.15) is 72.3 Å². The lowest BCUT2D eigenvalue weighted by atomic mass is 9.88. The van der Waals surface area contributed by atoms with Crippen LogP contribution in [0.2, 0.25) is 0 Å². The lowest BCUT2D eigenvalue weighted by molar-refractivity contribution is 0.0827. The van der Waals surface area contributed by atoms with Gasteiger partial charge < -0.3 is 14.9 Å². The predicted molar refractivity (Wildman–Crippen MR) is 166 cm³/mol. The van der Waals surface area contributed by atoms with Gasteiger partial charge in [-0.15, -0.1) is 0 Å². The van der Waals surface area contributed by atoms with Crippen molar-refractivity contribution < 1.29 is 9.90 Å². The van der Waals surface area contributed by atoms with E-state index in [1.54, 1.807) is 19.0 Å². The summed E-state index contributed by atoms with van der Waals surface area (Å²) >= 11 is 0. The first-order chi connectivity index (χ1) is 19.3. The van der Waals surface area contributed by atoms with Crippen molar-refractivity contribution in [3.63, 3.8) is 0 Å². The van der Waals surface area contributed by atoms with E-state index in [1.807, 2.05) is 39.2 Å². The fourth-order valence-corrected chi connectivity index (χ4v) is 5.38. The van der Waals surface area contributed by atoms with Crippen molar-refractivity contribution in [2.75, 3.05) is 47.5 Å². The molecule has 1 atom stereocenters. The summed E-state index contributed by atoms with van der Waals surface area (Å²) < 4.78 is 0. The Morgan fingerprint density at radius 1 is 1.15 bits per heavy atom. The van der Waals surface area contributed by atoms with Crippen LogP contribution >= 0.6 is 0 Å². The summed E-state index contributed by atoms with van der Waals surface area (Å²) in [6.07, 6.45) is 12.7. The first-order valence-electron chi connectivity index (χ1n) is 14.4. The molecule has 216 valence electrons. The lowest BCUT2D eigenvalue weighted by Gasteiger charge is -2.32. The number of benzene rings is 1. The summed E-state index contributed by atoms with van der Waals surface area (Å²) in [5.41, 5.74) is 7.87. The first-order valence-corrected chi connectivity index (χ1v) is 14.4. The molecule has 7 nitrogen and oxygen atoms in total. The normalized spacial score (nSPS) is 18.2. The molecule has 0 saturated carbocycles. The van der Waals surface area contributed by atoms with Crippen LogP contribution in [0.15, 0.2) is 60.5 Å². The smallest absolute Gasteiger partial charge is 0.253 e. The third-order valence-electron chi connectivity index (χ3n) is 7.53. The zero-order valence-corrected chi connectivity index (χ0v) is 25.3. The molecule has 1 unspecified atom stereocenters. The van der Waals surface area contributed by atoms with E-state index >= 15 is 0 Å². The Kier molecular flexibility index (Phi) is 11.7. The van der Waals surface area contributed by atoms with Crippen LogP contribution in [-0.4, -0.2) is 84.4 Å².